The van der Waals surface area contributed by atoms with Gasteiger partial charge in [0.2, 0.25) is 0 Å². The number of hydrogen-bond donors (Lipinski definition) is 1. The number of nitrogens with zero attached hydrogens (tertiary/aromatic N) is 1. The van der Waals surface area contributed by atoms with E-state index in [-0.39, 0.29) is 0 Å². The minimum Gasteiger partial charge on any atom is -0.493 e. The lowest BCUT2D eigenvalue weighted by Gasteiger charge is -2.15. The van der Waals surface area contributed by atoms with Crippen LogP contribution in [0.3, 0.4) is 0 Å². The van der Waals surface area contributed by atoms with Crippen LogP contribution in [0.25, 0.3) is 0 Å². The van der Waals surface area contributed by atoms with E-state index >= 15 is 0 Å². The summed E-state index contributed by atoms with van der Waals surface area (Å²) in [5, 5.41) is 8.75. The first kappa shape index (κ1) is 12.5. The molecule has 0 saturated heterocycles. The van der Waals surface area contributed by atoms with Gasteiger partial charge in [0.25, 0.3) is 0 Å². The number of benzene rings is 1. The van der Waals surface area contributed by atoms with Crippen molar-refractivity contribution in [3.63, 3.8) is 0 Å². The largest absolute Gasteiger partial charge is 0.493 e. The Kier molecular flexibility index (Phi) is 3.92. The molecule has 0 amide bonds. The number of rotatable bonds is 4. The van der Waals surface area contributed by atoms with E-state index in [0.717, 1.165) is 5.75 Å². The molecule has 0 fully saturated rings. The maximum absolute atomic E-state index is 8.75. The molecule has 1 rings (SSSR count). The van der Waals surface area contributed by atoms with Crippen molar-refractivity contribution in [3.8, 4) is 11.8 Å². The van der Waals surface area contributed by atoms with Crippen molar-refractivity contribution in [2.45, 2.75) is 32.7 Å². The van der Waals surface area contributed by atoms with Crippen molar-refractivity contribution in [1.29, 1.82) is 5.26 Å². The van der Waals surface area contributed by atoms with Crippen LogP contribution in [0.5, 0.6) is 5.75 Å². The van der Waals surface area contributed by atoms with Crippen LogP contribution >= 0.6 is 0 Å². The third-order valence-corrected chi connectivity index (χ3v) is 2.34. The van der Waals surface area contributed by atoms with Gasteiger partial charge in [0.05, 0.1) is 12.7 Å². The summed E-state index contributed by atoms with van der Waals surface area (Å²) in [6.45, 7) is 6.23. The molecule has 2 N–H and O–H groups in total. The standard InChI is InChI=1S/C13H18N2O/c1-10-6-11(2)8-12(7-10)16-5-4-13(3,15)9-14/h6-8H,4-5,15H2,1-3H3. The van der Waals surface area contributed by atoms with E-state index < -0.39 is 5.54 Å². The molecule has 16 heavy (non-hydrogen) atoms. The van der Waals surface area contributed by atoms with Crippen molar-refractivity contribution >= 4 is 0 Å². The minimum absolute atomic E-state index is 0.462. The van der Waals surface area contributed by atoms with Crippen LogP contribution < -0.4 is 10.5 Å². The molecule has 1 unspecified atom stereocenters. The highest BCUT2D eigenvalue weighted by Crippen LogP contribution is 2.17. The lowest BCUT2D eigenvalue weighted by Crippen LogP contribution is -2.35. The summed E-state index contributed by atoms with van der Waals surface area (Å²) in [6.07, 6.45) is 0.524. The van der Waals surface area contributed by atoms with Gasteiger partial charge in [-0.15, -0.1) is 0 Å². The zero-order valence-corrected chi connectivity index (χ0v) is 10.1. The second-order valence-electron chi connectivity index (χ2n) is 4.45. The van der Waals surface area contributed by atoms with E-state index in [9.17, 15) is 0 Å². The van der Waals surface area contributed by atoms with Crippen LogP contribution in [0.15, 0.2) is 18.2 Å². The highest BCUT2D eigenvalue weighted by Gasteiger charge is 2.16. The van der Waals surface area contributed by atoms with Crippen molar-refractivity contribution < 1.29 is 4.74 Å². The van der Waals surface area contributed by atoms with Gasteiger partial charge in [-0.2, -0.15) is 5.26 Å². The average molecular weight is 218 g/mol. The summed E-state index contributed by atoms with van der Waals surface area (Å²) in [6, 6.07) is 8.10. The van der Waals surface area contributed by atoms with Gasteiger partial charge in [-0.05, 0) is 44.0 Å². The first-order valence-corrected chi connectivity index (χ1v) is 5.34. The molecule has 86 valence electrons. The Morgan fingerprint density at radius 1 is 1.31 bits per heavy atom. The van der Waals surface area contributed by atoms with Gasteiger partial charge in [-0.1, -0.05) is 6.07 Å². The van der Waals surface area contributed by atoms with Gasteiger partial charge in [0.1, 0.15) is 11.3 Å². The number of nitriles is 1. The van der Waals surface area contributed by atoms with Crippen molar-refractivity contribution in [2.75, 3.05) is 6.61 Å². The van der Waals surface area contributed by atoms with Crippen molar-refractivity contribution in [3.05, 3.63) is 29.3 Å². The normalized spacial score (nSPS) is 13.9. The van der Waals surface area contributed by atoms with E-state index in [1.807, 2.05) is 32.0 Å². The highest BCUT2D eigenvalue weighted by molar-refractivity contribution is 5.32. The lowest BCUT2D eigenvalue weighted by atomic mass is 10.0. The number of aryl methyl sites for hydroxylation is 2. The minimum atomic E-state index is -0.807. The molecule has 0 radical (unpaired) electrons. The fraction of sp³-hybridized carbons (Fsp3) is 0.462. The predicted molar refractivity (Wildman–Crippen MR) is 64.2 cm³/mol. The molecule has 3 nitrogen and oxygen atoms in total. The molecular formula is C13H18N2O. The molecule has 0 aliphatic rings. The van der Waals surface area contributed by atoms with Crippen LogP contribution in [-0.2, 0) is 0 Å². The third-order valence-electron chi connectivity index (χ3n) is 2.34. The number of nitrogens with two attached hydrogens (primary N) is 1. The quantitative estimate of drug-likeness (QED) is 0.843. The topological polar surface area (TPSA) is 59.0 Å². The fourth-order valence-corrected chi connectivity index (χ4v) is 1.45. The molecule has 0 aliphatic carbocycles. The summed E-state index contributed by atoms with van der Waals surface area (Å²) in [4.78, 5) is 0. The van der Waals surface area contributed by atoms with E-state index in [1.165, 1.54) is 11.1 Å². The maximum Gasteiger partial charge on any atom is 0.119 e. The highest BCUT2D eigenvalue weighted by atomic mass is 16.5. The third kappa shape index (κ3) is 3.92. The monoisotopic (exact) mass is 218 g/mol. The Balaban J connectivity index is 2.53. The molecule has 1 aromatic rings. The van der Waals surface area contributed by atoms with Crippen LogP contribution in [0, 0.1) is 25.2 Å². The van der Waals surface area contributed by atoms with Gasteiger partial charge in [0.15, 0.2) is 0 Å². The molecule has 0 aliphatic heterocycles. The number of ether oxygens (including phenoxy) is 1. The molecule has 0 aromatic heterocycles. The molecule has 1 atom stereocenters. The van der Waals surface area contributed by atoms with Crippen molar-refractivity contribution in [1.82, 2.24) is 0 Å². The Bertz CT molecular complexity index is 385. The van der Waals surface area contributed by atoms with E-state index in [2.05, 4.69) is 6.07 Å². The zero-order chi connectivity index (χ0) is 12.2. The Morgan fingerprint density at radius 2 is 1.88 bits per heavy atom. The molecule has 0 heterocycles. The van der Waals surface area contributed by atoms with Crippen molar-refractivity contribution in [2.24, 2.45) is 5.73 Å². The molecule has 0 bridgehead atoms. The van der Waals surface area contributed by atoms with Gasteiger partial charge in [-0.3, -0.25) is 0 Å². The fourth-order valence-electron chi connectivity index (χ4n) is 1.45. The lowest BCUT2D eigenvalue weighted by molar-refractivity contribution is 0.286. The van der Waals surface area contributed by atoms with Crippen LogP contribution in [-0.4, -0.2) is 12.1 Å². The molecular weight excluding hydrogens is 200 g/mol. The van der Waals surface area contributed by atoms with Crippen LogP contribution in [0.2, 0.25) is 0 Å². The average Bonchev–Trinajstić information content (AvgIpc) is 2.16. The molecule has 0 saturated carbocycles. The molecule has 1 aromatic carbocycles. The summed E-state index contributed by atoms with van der Waals surface area (Å²) in [5.74, 6) is 0.839. The first-order chi connectivity index (χ1) is 7.43. The second-order valence-corrected chi connectivity index (χ2v) is 4.45. The van der Waals surface area contributed by atoms with E-state index in [0.29, 0.717) is 13.0 Å². The summed E-state index contributed by atoms with van der Waals surface area (Å²) >= 11 is 0. The predicted octanol–water partition coefficient (Wildman–Crippen LogP) is 2.31. The Labute approximate surface area is 96.8 Å². The Hall–Kier alpha value is -1.53. The number of hydrogen-bond acceptors (Lipinski definition) is 3. The summed E-state index contributed by atoms with van der Waals surface area (Å²) in [7, 11) is 0. The van der Waals surface area contributed by atoms with Crippen LogP contribution in [0.4, 0.5) is 0 Å². The smallest absolute Gasteiger partial charge is 0.119 e. The van der Waals surface area contributed by atoms with Gasteiger partial charge < -0.3 is 10.5 Å². The Morgan fingerprint density at radius 3 is 2.38 bits per heavy atom. The van der Waals surface area contributed by atoms with Gasteiger partial charge in [-0.25, -0.2) is 0 Å². The second kappa shape index (κ2) is 5.00. The zero-order valence-electron chi connectivity index (χ0n) is 10.1. The summed E-state index contributed by atoms with van der Waals surface area (Å²) in [5.41, 5.74) is 7.24. The molecule has 3 heteroatoms. The SMILES string of the molecule is Cc1cc(C)cc(OCCC(C)(N)C#N)c1. The van der Waals surface area contributed by atoms with E-state index in [1.54, 1.807) is 6.92 Å². The van der Waals surface area contributed by atoms with Gasteiger partial charge >= 0.3 is 0 Å². The summed E-state index contributed by atoms with van der Waals surface area (Å²) < 4.78 is 5.57. The van der Waals surface area contributed by atoms with E-state index in [4.69, 9.17) is 15.7 Å². The van der Waals surface area contributed by atoms with Gasteiger partial charge in [0, 0.05) is 6.42 Å². The van der Waals surface area contributed by atoms with Crippen LogP contribution in [0.1, 0.15) is 24.5 Å². The molecule has 0 spiro atoms. The maximum atomic E-state index is 8.75. The first-order valence-electron chi connectivity index (χ1n) is 5.34.